The Morgan fingerprint density at radius 2 is 1.52 bits per heavy atom. The van der Waals surface area contributed by atoms with Crippen molar-refractivity contribution in [3.63, 3.8) is 0 Å². The lowest BCUT2D eigenvalue weighted by Crippen LogP contribution is -2.37. The number of benzene rings is 1. The lowest BCUT2D eigenvalue weighted by atomic mass is 10.1. The number of unbranched alkanes of at least 4 members (excludes halogenated alkanes) is 6. The molecule has 0 amide bonds. The molecule has 1 heterocycles. The summed E-state index contributed by atoms with van der Waals surface area (Å²) in [6.07, 6.45) is 16.3. The van der Waals surface area contributed by atoms with Gasteiger partial charge >= 0.3 is 0 Å². The normalized spacial score (nSPS) is 11.0. The first-order valence-electron chi connectivity index (χ1n) is 9.52. The molecule has 2 rings (SSSR count). The molecule has 0 aliphatic rings. The van der Waals surface area contributed by atoms with Gasteiger partial charge in [0.05, 0.1) is 6.54 Å². The van der Waals surface area contributed by atoms with Crippen molar-refractivity contribution >= 4 is 0 Å². The van der Waals surface area contributed by atoms with Crippen LogP contribution in [-0.4, -0.2) is 4.57 Å². The van der Waals surface area contributed by atoms with Crippen LogP contribution < -0.4 is 4.57 Å². The summed E-state index contributed by atoms with van der Waals surface area (Å²) in [5.74, 6) is 1.45. The van der Waals surface area contributed by atoms with Crippen LogP contribution in [0.1, 0.15) is 71.0 Å². The molecule has 0 fully saturated rings. The van der Waals surface area contributed by atoms with E-state index in [1.165, 1.54) is 62.9 Å². The number of hydrogen-bond donors (Lipinski definition) is 0. The summed E-state index contributed by atoms with van der Waals surface area (Å²) in [6.45, 7) is 5.71. The van der Waals surface area contributed by atoms with E-state index in [0.717, 1.165) is 13.0 Å². The fourth-order valence-electron chi connectivity index (χ4n) is 3.15. The molecular formula is C21H33N2+. The van der Waals surface area contributed by atoms with Gasteiger partial charge in [-0.3, -0.25) is 0 Å². The van der Waals surface area contributed by atoms with E-state index in [9.17, 15) is 0 Å². The number of rotatable bonds is 11. The standard InChI is InChI=1S/C21H33N2/c1-3-5-7-8-9-13-17-22-18-19-23(21(22)16-6-4-2)20-14-11-10-12-15-20/h10-12,14-15,18-19H,3-9,13,16-17H2,1-2H3/q+1. The molecule has 0 aliphatic heterocycles. The Hall–Kier alpha value is -1.57. The molecule has 0 saturated heterocycles. The Morgan fingerprint density at radius 1 is 0.826 bits per heavy atom. The number of hydrogen-bond acceptors (Lipinski definition) is 0. The Bertz CT molecular complexity index is 542. The van der Waals surface area contributed by atoms with Gasteiger partial charge in [-0.15, -0.1) is 0 Å². The third-order valence-corrected chi connectivity index (χ3v) is 4.55. The minimum absolute atomic E-state index is 1.16. The third-order valence-electron chi connectivity index (χ3n) is 4.55. The summed E-state index contributed by atoms with van der Waals surface area (Å²) in [6, 6.07) is 10.7. The van der Waals surface area contributed by atoms with Gasteiger partial charge in [0.15, 0.2) is 0 Å². The lowest BCUT2D eigenvalue weighted by Gasteiger charge is -2.05. The highest BCUT2D eigenvalue weighted by molar-refractivity contribution is 5.31. The van der Waals surface area contributed by atoms with Gasteiger partial charge in [-0.25, -0.2) is 4.57 Å². The maximum atomic E-state index is 2.47. The van der Waals surface area contributed by atoms with Crippen molar-refractivity contribution in [2.45, 2.75) is 78.2 Å². The predicted octanol–water partition coefficient (Wildman–Crippen LogP) is 5.47. The summed E-state index contributed by atoms with van der Waals surface area (Å²) >= 11 is 0. The van der Waals surface area contributed by atoms with Crippen LogP contribution in [0.4, 0.5) is 0 Å². The predicted molar refractivity (Wildman–Crippen MR) is 98.0 cm³/mol. The number of para-hydroxylation sites is 1. The first-order valence-corrected chi connectivity index (χ1v) is 9.52. The molecule has 0 saturated carbocycles. The molecule has 0 bridgehead atoms. The van der Waals surface area contributed by atoms with Gasteiger partial charge in [-0.1, -0.05) is 64.2 Å². The van der Waals surface area contributed by atoms with E-state index in [0.29, 0.717) is 0 Å². The highest BCUT2D eigenvalue weighted by atomic mass is 15.1. The zero-order valence-electron chi connectivity index (χ0n) is 15.0. The molecule has 126 valence electrons. The summed E-state index contributed by atoms with van der Waals surface area (Å²) < 4.78 is 4.84. The maximum absolute atomic E-state index is 2.47. The van der Waals surface area contributed by atoms with E-state index in [1.54, 1.807) is 0 Å². The number of nitrogens with zero attached hydrogens (tertiary/aromatic N) is 2. The summed E-state index contributed by atoms with van der Waals surface area (Å²) in [7, 11) is 0. The van der Waals surface area contributed by atoms with Crippen molar-refractivity contribution < 1.29 is 4.57 Å². The van der Waals surface area contributed by atoms with Gasteiger partial charge in [0, 0.05) is 6.42 Å². The fraction of sp³-hybridized carbons (Fsp3) is 0.571. The van der Waals surface area contributed by atoms with Gasteiger partial charge in [-0.05, 0) is 31.4 Å². The second-order valence-electron chi connectivity index (χ2n) is 6.48. The minimum Gasteiger partial charge on any atom is -0.234 e. The van der Waals surface area contributed by atoms with Crippen molar-refractivity contribution in [1.29, 1.82) is 0 Å². The molecule has 0 atom stereocenters. The number of aryl methyl sites for hydroxylation is 1. The molecule has 1 aromatic heterocycles. The quantitative estimate of drug-likeness (QED) is 0.384. The molecule has 2 heteroatoms. The van der Waals surface area contributed by atoms with Crippen molar-refractivity contribution in [3.8, 4) is 5.69 Å². The molecule has 1 aromatic carbocycles. The maximum Gasteiger partial charge on any atom is 0.261 e. The van der Waals surface area contributed by atoms with Crippen molar-refractivity contribution in [2.75, 3.05) is 0 Å². The van der Waals surface area contributed by atoms with Crippen LogP contribution in [0.15, 0.2) is 42.7 Å². The Labute approximate surface area is 142 Å². The molecule has 2 nitrogen and oxygen atoms in total. The van der Waals surface area contributed by atoms with Gasteiger partial charge < -0.3 is 0 Å². The lowest BCUT2D eigenvalue weighted by molar-refractivity contribution is -0.704. The first-order chi connectivity index (χ1) is 11.4. The van der Waals surface area contributed by atoms with E-state index >= 15 is 0 Å². The van der Waals surface area contributed by atoms with Gasteiger partial charge in [-0.2, -0.15) is 4.57 Å². The average molecular weight is 314 g/mol. The highest BCUT2D eigenvalue weighted by Crippen LogP contribution is 2.12. The Balaban J connectivity index is 2.00. The van der Waals surface area contributed by atoms with Crippen LogP contribution in [0.2, 0.25) is 0 Å². The molecule has 0 spiro atoms. The van der Waals surface area contributed by atoms with Crippen LogP contribution in [0.3, 0.4) is 0 Å². The minimum atomic E-state index is 1.16. The number of aromatic nitrogens is 2. The van der Waals surface area contributed by atoms with Crippen LogP contribution in [0, 0.1) is 0 Å². The number of imidazole rings is 1. The van der Waals surface area contributed by atoms with Crippen LogP contribution in [0.25, 0.3) is 5.69 Å². The molecule has 0 aliphatic carbocycles. The third kappa shape index (κ3) is 5.53. The molecule has 0 radical (unpaired) electrons. The zero-order valence-corrected chi connectivity index (χ0v) is 15.0. The Kier molecular flexibility index (Phi) is 7.92. The van der Waals surface area contributed by atoms with Crippen LogP contribution >= 0.6 is 0 Å². The molecule has 23 heavy (non-hydrogen) atoms. The second-order valence-corrected chi connectivity index (χ2v) is 6.48. The second kappa shape index (κ2) is 10.3. The molecular weight excluding hydrogens is 280 g/mol. The molecule has 0 N–H and O–H groups in total. The zero-order chi connectivity index (χ0) is 16.3. The largest absolute Gasteiger partial charge is 0.261 e. The van der Waals surface area contributed by atoms with E-state index in [-0.39, 0.29) is 0 Å². The fourth-order valence-corrected chi connectivity index (χ4v) is 3.15. The van der Waals surface area contributed by atoms with E-state index in [4.69, 9.17) is 0 Å². The Morgan fingerprint density at radius 3 is 2.26 bits per heavy atom. The summed E-state index contributed by atoms with van der Waals surface area (Å²) in [4.78, 5) is 0. The van der Waals surface area contributed by atoms with E-state index in [1.807, 2.05) is 0 Å². The van der Waals surface area contributed by atoms with Crippen LogP contribution in [0.5, 0.6) is 0 Å². The van der Waals surface area contributed by atoms with Crippen molar-refractivity contribution in [1.82, 2.24) is 4.57 Å². The highest BCUT2D eigenvalue weighted by Gasteiger charge is 2.17. The van der Waals surface area contributed by atoms with Gasteiger partial charge in [0.1, 0.15) is 18.1 Å². The average Bonchev–Trinajstić information content (AvgIpc) is 2.99. The van der Waals surface area contributed by atoms with E-state index in [2.05, 4.69) is 65.7 Å². The summed E-state index contributed by atoms with van der Waals surface area (Å²) in [5.41, 5.74) is 1.28. The molecule has 2 aromatic rings. The van der Waals surface area contributed by atoms with Crippen LogP contribution in [-0.2, 0) is 13.0 Å². The van der Waals surface area contributed by atoms with E-state index < -0.39 is 0 Å². The monoisotopic (exact) mass is 313 g/mol. The van der Waals surface area contributed by atoms with Crippen molar-refractivity contribution in [2.24, 2.45) is 0 Å². The topological polar surface area (TPSA) is 8.81 Å². The first kappa shape index (κ1) is 17.8. The summed E-state index contributed by atoms with van der Waals surface area (Å²) in [5, 5.41) is 0. The smallest absolute Gasteiger partial charge is 0.234 e. The molecule has 0 unspecified atom stereocenters. The SMILES string of the molecule is CCCCCCCC[n+]1ccn(-c2ccccc2)c1CCCC. The van der Waals surface area contributed by atoms with Gasteiger partial charge in [0.2, 0.25) is 0 Å². The van der Waals surface area contributed by atoms with Crippen molar-refractivity contribution in [3.05, 3.63) is 48.5 Å². The van der Waals surface area contributed by atoms with Gasteiger partial charge in [0.25, 0.3) is 5.82 Å².